The van der Waals surface area contributed by atoms with Crippen LogP contribution in [0.2, 0.25) is 0 Å². The van der Waals surface area contributed by atoms with Gasteiger partial charge in [0.05, 0.1) is 23.6 Å². The number of hydrogen-bond acceptors (Lipinski definition) is 5. The van der Waals surface area contributed by atoms with Gasteiger partial charge in [-0.05, 0) is 30.0 Å². The van der Waals surface area contributed by atoms with Gasteiger partial charge in [-0.2, -0.15) is 0 Å². The number of phenolic OH excluding ortho intramolecular Hbond substituents is 1. The van der Waals surface area contributed by atoms with Crippen LogP contribution in [0, 0.1) is 11.8 Å². The summed E-state index contributed by atoms with van der Waals surface area (Å²) in [4.78, 5) is 15.6. The van der Waals surface area contributed by atoms with Crippen LogP contribution in [-0.4, -0.2) is 30.2 Å². The van der Waals surface area contributed by atoms with Crippen molar-refractivity contribution in [2.75, 3.05) is 20.2 Å². The number of ether oxygens (including phenoxy) is 1. The van der Waals surface area contributed by atoms with Crippen LogP contribution in [0.15, 0.2) is 51.9 Å². The smallest absolute Gasteiger partial charge is 0.200 e. The first-order chi connectivity index (χ1) is 14.3. The van der Waals surface area contributed by atoms with Gasteiger partial charge >= 0.3 is 0 Å². The summed E-state index contributed by atoms with van der Waals surface area (Å²) in [5.74, 6) is 1.74. The zero-order chi connectivity index (χ0) is 21.8. The van der Waals surface area contributed by atoms with E-state index in [-0.39, 0.29) is 11.2 Å². The molecule has 3 rings (SSSR count). The van der Waals surface area contributed by atoms with Gasteiger partial charge in [-0.15, -0.1) is 0 Å². The molecule has 0 aliphatic heterocycles. The number of aromatic hydroxyl groups is 1. The van der Waals surface area contributed by atoms with E-state index in [0.29, 0.717) is 51.8 Å². The molecule has 0 atom stereocenters. The van der Waals surface area contributed by atoms with E-state index in [1.807, 2.05) is 24.3 Å². The summed E-state index contributed by atoms with van der Waals surface area (Å²) < 4.78 is 11.4. The predicted octanol–water partition coefficient (Wildman–Crippen LogP) is 5.29. The Bertz CT molecular complexity index is 1060. The Kier molecular flexibility index (Phi) is 6.83. The Balaban J connectivity index is 2.10. The van der Waals surface area contributed by atoms with Crippen LogP contribution in [0.1, 0.15) is 33.3 Å². The zero-order valence-corrected chi connectivity index (χ0v) is 18.4. The molecule has 0 spiro atoms. The minimum absolute atomic E-state index is 0.138. The predicted molar refractivity (Wildman–Crippen MR) is 121 cm³/mol. The number of rotatable bonds is 8. The van der Waals surface area contributed by atoms with Crippen LogP contribution in [-0.2, 0) is 6.54 Å². The van der Waals surface area contributed by atoms with Crippen molar-refractivity contribution in [3.63, 3.8) is 0 Å². The molecule has 1 heterocycles. The largest absolute Gasteiger partial charge is 0.507 e. The van der Waals surface area contributed by atoms with E-state index in [9.17, 15) is 9.90 Å². The standard InChI is InChI=1S/C25H31NO4/c1-16(2)12-26(13-17(3)4)14-20-22(27)11-10-19-24(28)21(15-30-25(19)20)18-8-6-7-9-23(18)29-5/h6-11,15-17,27H,12-14H2,1-5H3. The monoisotopic (exact) mass is 409 g/mol. The lowest BCUT2D eigenvalue weighted by Crippen LogP contribution is -2.31. The van der Waals surface area contributed by atoms with Gasteiger partial charge in [-0.1, -0.05) is 45.9 Å². The quantitative estimate of drug-likeness (QED) is 0.548. The van der Waals surface area contributed by atoms with Crippen molar-refractivity contribution < 1.29 is 14.3 Å². The number of para-hydroxylation sites is 1. The molecule has 3 aromatic rings. The lowest BCUT2D eigenvalue weighted by molar-refractivity contribution is 0.209. The van der Waals surface area contributed by atoms with Crippen molar-refractivity contribution >= 4 is 11.0 Å². The summed E-state index contributed by atoms with van der Waals surface area (Å²) in [5, 5.41) is 11.0. The van der Waals surface area contributed by atoms with Crippen molar-refractivity contribution in [1.29, 1.82) is 0 Å². The second kappa shape index (κ2) is 9.35. The van der Waals surface area contributed by atoms with Gasteiger partial charge in [0.2, 0.25) is 5.43 Å². The fourth-order valence-corrected chi connectivity index (χ4v) is 3.91. The first-order valence-electron chi connectivity index (χ1n) is 10.4. The molecule has 5 heteroatoms. The van der Waals surface area contributed by atoms with E-state index in [2.05, 4.69) is 32.6 Å². The molecule has 0 aliphatic rings. The van der Waals surface area contributed by atoms with Gasteiger partial charge in [0.1, 0.15) is 23.3 Å². The van der Waals surface area contributed by atoms with Gasteiger partial charge < -0.3 is 14.3 Å². The van der Waals surface area contributed by atoms with Gasteiger partial charge in [0.15, 0.2) is 0 Å². The maximum atomic E-state index is 13.3. The third-order valence-corrected chi connectivity index (χ3v) is 5.05. The Labute approximate surface area is 177 Å². The molecule has 0 radical (unpaired) electrons. The average Bonchev–Trinajstić information content (AvgIpc) is 2.69. The summed E-state index contributed by atoms with van der Waals surface area (Å²) in [7, 11) is 1.58. The van der Waals surface area contributed by atoms with Crippen LogP contribution in [0.4, 0.5) is 0 Å². The molecule has 1 aromatic heterocycles. The van der Waals surface area contributed by atoms with Crippen LogP contribution in [0.3, 0.4) is 0 Å². The highest BCUT2D eigenvalue weighted by Crippen LogP contribution is 2.32. The van der Waals surface area contributed by atoms with Crippen molar-refractivity contribution in [3.05, 3.63) is 58.4 Å². The highest BCUT2D eigenvalue weighted by molar-refractivity contribution is 5.86. The van der Waals surface area contributed by atoms with Crippen molar-refractivity contribution in [2.45, 2.75) is 34.2 Å². The molecule has 0 unspecified atom stereocenters. The number of benzene rings is 2. The number of nitrogens with zero attached hydrogens (tertiary/aromatic N) is 1. The minimum atomic E-state index is -0.138. The van der Waals surface area contributed by atoms with Crippen LogP contribution < -0.4 is 10.2 Å². The SMILES string of the molecule is COc1ccccc1-c1coc2c(CN(CC(C)C)CC(C)C)c(O)ccc2c1=O. The third-order valence-electron chi connectivity index (χ3n) is 5.05. The molecule has 1 N–H and O–H groups in total. The fourth-order valence-electron chi connectivity index (χ4n) is 3.91. The zero-order valence-electron chi connectivity index (χ0n) is 18.4. The Morgan fingerprint density at radius 1 is 1.00 bits per heavy atom. The molecule has 30 heavy (non-hydrogen) atoms. The minimum Gasteiger partial charge on any atom is -0.507 e. The number of methoxy groups -OCH3 is 1. The Morgan fingerprint density at radius 3 is 2.30 bits per heavy atom. The highest BCUT2D eigenvalue weighted by Gasteiger charge is 2.19. The molecule has 0 saturated carbocycles. The lowest BCUT2D eigenvalue weighted by atomic mass is 10.0. The van der Waals surface area contributed by atoms with Crippen molar-refractivity contribution in [1.82, 2.24) is 4.90 Å². The highest BCUT2D eigenvalue weighted by atomic mass is 16.5. The second-order valence-corrected chi connectivity index (χ2v) is 8.60. The maximum Gasteiger partial charge on any atom is 0.200 e. The van der Waals surface area contributed by atoms with E-state index in [0.717, 1.165) is 13.1 Å². The first kappa shape index (κ1) is 21.9. The van der Waals surface area contributed by atoms with E-state index in [1.54, 1.807) is 19.2 Å². The molecule has 5 nitrogen and oxygen atoms in total. The normalized spacial score (nSPS) is 11.7. The summed E-state index contributed by atoms with van der Waals surface area (Å²) in [6, 6.07) is 10.6. The Morgan fingerprint density at radius 2 is 1.67 bits per heavy atom. The third kappa shape index (κ3) is 4.68. The molecular formula is C25H31NO4. The van der Waals surface area contributed by atoms with Crippen molar-refractivity contribution in [3.8, 4) is 22.6 Å². The first-order valence-corrected chi connectivity index (χ1v) is 10.4. The van der Waals surface area contributed by atoms with Gasteiger partial charge in [-0.3, -0.25) is 9.69 Å². The molecule has 2 aromatic carbocycles. The summed E-state index contributed by atoms with van der Waals surface area (Å²) in [6.45, 7) is 11.0. The Hall–Kier alpha value is -2.79. The maximum absolute atomic E-state index is 13.3. The number of fused-ring (bicyclic) bond motifs is 1. The van der Waals surface area contributed by atoms with E-state index in [4.69, 9.17) is 9.15 Å². The van der Waals surface area contributed by atoms with Gasteiger partial charge in [0.25, 0.3) is 0 Å². The topological polar surface area (TPSA) is 62.9 Å². The summed E-state index contributed by atoms with van der Waals surface area (Å²) in [6.07, 6.45) is 1.47. The molecule has 0 amide bonds. The van der Waals surface area contributed by atoms with E-state index in [1.165, 1.54) is 6.26 Å². The fraction of sp³-hybridized carbons (Fsp3) is 0.400. The van der Waals surface area contributed by atoms with E-state index < -0.39 is 0 Å². The lowest BCUT2D eigenvalue weighted by Gasteiger charge is -2.26. The molecule has 0 bridgehead atoms. The summed E-state index contributed by atoms with van der Waals surface area (Å²) in [5.41, 5.74) is 2.08. The van der Waals surface area contributed by atoms with Crippen LogP contribution >= 0.6 is 0 Å². The molecule has 0 aliphatic carbocycles. The summed E-state index contributed by atoms with van der Waals surface area (Å²) >= 11 is 0. The number of phenols is 1. The molecule has 160 valence electrons. The van der Waals surface area contributed by atoms with Crippen LogP contribution in [0.25, 0.3) is 22.1 Å². The van der Waals surface area contributed by atoms with Crippen LogP contribution in [0.5, 0.6) is 11.5 Å². The molecule has 0 saturated heterocycles. The van der Waals surface area contributed by atoms with E-state index >= 15 is 0 Å². The molecule has 0 fully saturated rings. The molecular weight excluding hydrogens is 378 g/mol. The van der Waals surface area contributed by atoms with Gasteiger partial charge in [-0.25, -0.2) is 0 Å². The van der Waals surface area contributed by atoms with Gasteiger partial charge in [0, 0.05) is 25.2 Å². The van der Waals surface area contributed by atoms with Crippen molar-refractivity contribution in [2.24, 2.45) is 11.8 Å². The average molecular weight is 410 g/mol. The number of hydrogen-bond donors (Lipinski definition) is 1. The second-order valence-electron chi connectivity index (χ2n) is 8.60.